The molecule has 6 nitrogen and oxygen atoms in total. The molecule has 8 heteroatoms. The van der Waals surface area contributed by atoms with Gasteiger partial charge in [0.2, 0.25) is 5.91 Å². The van der Waals surface area contributed by atoms with E-state index < -0.39 is 0 Å². The Bertz CT molecular complexity index is 759. The van der Waals surface area contributed by atoms with Crippen molar-refractivity contribution in [3.8, 4) is 0 Å². The molecular formula is C24H40IN5OS. The van der Waals surface area contributed by atoms with E-state index in [0.717, 1.165) is 62.8 Å². The first-order valence-electron chi connectivity index (χ1n) is 11.7. The number of halogens is 1. The normalized spacial score (nSPS) is 21.5. The molecule has 1 aromatic carbocycles. The highest BCUT2D eigenvalue weighted by Crippen LogP contribution is 2.27. The summed E-state index contributed by atoms with van der Waals surface area (Å²) < 4.78 is 0. The summed E-state index contributed by atoms with van der Waals surface area (Å²) in [6.45, 7) is 7.60. The van der Waals surface area contributed by atoms with Crippen molar-refractivity contribution in [3.05, 3.63) is 29.3 Å². The second-order valence-corrected chi connectivity index (χ2v) is 10.1. The highest BCUT2D eigenvalue weighted by atomic mass is 127. The molecule has 1 aliphatic carbocycles. The van der Waals surface area contributed by atoms with E-state index in [2.05, 4.69) is 66.6 Å². The number of benzene rings is 1. The number of guanidine groups is 1. The molecule has 2 N–H and O–H groups in total. The Labute approximate surface area is 215 Å². The fourth-order valence-corrected chi connectivity index (χ4v) is 5.24. The number of nitrogens with zero attached hydrogens (tertiary/aromatic N) is 3. The standard InChI is InChI=1S/C24H39N5OS.HI/c1-5-25-24(26-17-20-8-11-22(28(3)4)16-18(20)2)27-21-9-6-19(7-10-21)23(30)29-12-14-31-15-13-29;/h8,11,16,19,21H,5-7,9-10,12-15,17H2,1-4H3,(H2,25,26,27);1H. The maximum absolute atomic E-state index is 12.8. The van der Waals surface area contributed by atoms with Gasteiger partial charge in [-0.15, -0.1) is 24.0 Å². The SMILES string of the molecule is CCNC(=NCc1ccc(N(C)C)cc1C)NC1CCC(C(=O)N2CCSCC2)CC1.I. The van der Waals surface area contributed by atoms with E-state index in [-0.39, 0.29) is 29.9 Å². The molecule has 1 amide bonds. The van der Waals surface area contributed by atoms with Crippen LogP contribution in [0.2, 0.25) is 0 Å². The molecular weight excluding hydrogens is 533 g/mol. The second kappa shape index (κ2) is 13.5. The summed E-state index contributed by atoms with van der Waals surface area (Å²) in [5, 5.41) is 7.01. The number of thioether (sulfide) groups is 1. The Morgan fingerprint density at radius 3 is 2.47 bits per heavy atom. The maximum Gasteiger partial charge on any atom is 0.225 e. The van der Waals surface area contributed by atoms with Gasteiger partial charge in [0.05, 0.1) is 6.54 Å². The van der Waals surface area contributed by atoms with Crippen LogP contribution in [-0.4, -0.2) is 68.0 Å². The van der Waals surface area contributed by atoms with Gasteiger partial charge in [-0.2, -0.15) is 11.8 Å². The lowest BCUT2D eigenvalue weighted by atomic mass is 9.85. The summed E-state index contributed by atoms with van der Waals surface area (Å²) in [7, 11) is 4.13. The van der Waals surface area contributed by atoms with Crippen LogP contribution in [-0.2, 0) is 11.3 Å². The predicted molar refractivity (Wildman–Crippen MR) is 149 cm³/mol. The Kier molecular flexibility index (Phi) is 11.4. The van der Waals surface area contributed by atoms with E-state index in [1.165, 1.54) is 16.8 Å². The number of rotatable bonds is 6. The molecule has 0 spiro atoms. The van der Waals surface area contributed by atoms with Gasteiger partial charge in [-0.25, -0.2) is 4.99 Å². The first kappa shape index (κ1) is 27.1. The molecule has 1 aromatic rings. The van der Waals surface area contributed by atoms with Crippen molar-refractivity contribution in [2.24, 2.45) is 10.9 Å². The van der Waals surface area contributed by atoms with Crippen LogP contribution < -0.4 is 15.5 Å². The molecule has 1 saturated carbocycles. The van der Waals surface area contributed by atoms with E-state index in [9.17, 15) is 4.79 Å². The minimum absolute atomic E-state index is 0. The number of carbonyl (C=O) groups excluding carboxylic acids is 1. The van der Waals surface area contributed by atoms with E-state index >= 15 is 0 Å². The average Bonchev–Trinajstić information content (AvgIpc) is 2.78. The fourth-order valence-electron chi connectivity index (χ4n) is 4.34. The number of hydrogen-bond acceptors (Lipinski definition) is 4. The third kappa shape index (κ3) is 7.71. The molecule has 0 radical (unpaired) electrons. The number of nitrogens with one attached hydrogen (secondary N) is 2. The monoisotopic (exact) mass is 573 g/mol. The van der Waals surface area contributed by atoms with Crippen LogP contribution in [0.5, 0.6) is 0 Å². The van der Waals surface area contributed by atoms with Crippen LogP contribution >= 0.6 is 35.7 Å². The largest absolute Gasteiger partial charge is 0.378 e. The van der Waals surface area contributed by atoms with Crippen LogP contribution in [0.25, 0.3) is 0 Å². The van der Waals surface area contributed by atoms with Gasteiger partial charge < -0.3 is 20.4 Å². The quantitative estimate of drug-likeness (QED) is 0.308. The number of anilines is 1. The molecule has 1 saturated heterocycles. The molecule has 2 fully saturated rings. The molecule has 0 aromatic heterocycles. The van der Waals surface area contributed by atoms with Crippen LogP contribution in [0.4, 0.5) is 5.69 Å². The van der Waals surface area contributed by atoms with Gasteiger partial charge in [0.15, 0.2) is 5.96 Å². The van der Waals surface area contributed by atoms with E-state index in [4.69, 9.17) is 4.99 Å². The second-order valence-electron chi connectivity index (χ2n) is 8.83. The molecule has 3 rings (SSSR count). The molecule has 180 valence electrons. The lowest BCUT2D eigenvalue weighted by molar-refractivity contribution is -0.136. The number of aryl methyl sites for hydroxylation is 1. The highest BCUT2D eigenvalue weighted by Gasteiger charge is 2.30. The maximum atomic E-state index is 12.8. The summed E-state index contributed by atoms with van der Waals surface area (Å²) in [6, 6.07) is 6.92. The zero-order chi connectivity index (χ0) is 22.2. The van der Waals surface area contributed by atoms with Gasteiger partial charge >= 0.3 is 0 Å². The smallest absolute Gasteiger partial charge is 0.225 e. The molecule has 1 aliphatic heterocycles. The molecule has 0 unspecified atom stereocenters. The van der Waals surface area contributed by atoms with Gasteiger partial charge in [-0.05, 0) is 62.8 Å². The van der Waals surface area contributed by atoms with Crippen molar-refractivity contribution in [1.29, 1.82) is 0 Å². The average molecular weight is 574 g/mol. The first-order valence-corrected chi connectivity index (χ1v) is 12.8. The third-order valence-electron chi connectivity index (χ3n) is 6.33. The number of hydrogen-bond donors (Lipinski definition) is 2. The Morgan fingerprint density at radius 1 is 1.19 bits per heavy atom. The molecule has 1 heterocycles. The van der Waals surface area contributed by atoms with Crippen molar-refractivity contribution >= 4 is 53.3 Å². The van der Waals surface area contributed by atoms with Crippen LogP contribution in [0.15, 0.2) is 23.2 Å². The summed E-state index contributed by atoms with van der Waals surface area (Å²) >= 11 is 1.95. The van der Waals surface area contributed by atoms with Crippen molar-refractivity contribution in [2.45, 2.75) is 52.1 Å². The van der Waals surface area contributed by atoms with Gasteiger partial charge in [0.1, 0.15) is 0 Å². The molecule has 0 atom stereocenters. The minimum Gasteiger partial charge on any atom is -0.378 e. The topological polar surface area (TPSA) is 60.0 Å². The number of carbonyl (C=O) groups is 1. The first-order chi connectivity index (χ1) is 15.0. The van der Waals surface area contributed by atoms with E-state index in [1.807, 2.05) is 11.8 Å². The molecule has 0 bridgehead atoms. The van der Waals surface area contributed by atoms with Crippen molar-refractivity contribution in [3.63, 3.8) is 0 Å². The summed E-state index contributed by atoms with van der Waals surface area (Å²) in [6.07, 6.45) is 4.01. The van der Waals surface area contributed by atoms with Crippen molar-refractivity contribution < 1.29 is 4.79 Å². The summed E-state index contributed by atoms with van der Waals surface area (Å²) in [5.41, 5.74) is 3.72. The number of aliphatic imine (C=N–C) groups is 1. The highest BCUT2D eigenvalue weighted by molar-refractivity contribution is 14.0. The van der Waals surface area contributed by atoms with Crippen LogP contribution in [0, 0.1) is 12.8 Å². The van der Waals surface area contributed by atoms with Crippen LogP contribution in [0.1, 0.15) is 43.7 Å². The van der Waals surface area contributed by atoms with E-state index in [0.29, 0.717) is 18.5 Å². The van der Waals surface area contributed by atoms with Gasteiger partial charge in [0, 0.05) is 62.9 Å². The molecule has 2 aliphatic rings. The van der Waals surface area contributed by atoms with Gasteiger partial charge in [0.25, 0.3) is 0 Å². The molecule has 32 heavy (non-hydrogen) atoms. The predicted octanol–water partition coefficient (Wildman–Crippen LogP) is 3.87. The lowest BCUT2D eigenvalue weighted by Crippen LogP contribution is -2.47. The van der Waals surface area contributed by atoms with Gasteiger partial charge in [-0.3, -0.25) is 4.79 Å². The fraction of sp³-hybridized carbons (Fsp3) is 0.667. The third-order valence-corrected chi connectivity index (χ3v) is 7.28. The zero-order valence-electron chi connectivity index (χ0n) is 20.0. The Balaban J connectivity index is 0.00000363. The van der Waals surface area contributed by atoms with E-state index in [1.54, 1.807) is 0 Å². The minimum atomic E-state index is 0. The Hall–Kier alpha value is -1.16. The van der Waals surface area contributed by atoms with Crippen molar-refractivity contribution in [2.75, 3.05) is 50.1 Å². The van der Waals surface area contributed by atoms with Gasteiger partial charge in [-0.1, -0.05) is 6.07 Å². The summed E-state index contributed by atoms with van der Waals surface area (Å²) in [5.74, 6) is 3.64. The number of amides is 1. The Morgan fingerprint density at radius 2 is 1.88 bits per heavy atom. The van der Waals surface area contributed by atoms with Crippen molar-refractivity contribution in [1.82, 2.24) is 15.5 Å². The van der Waals surface area contributed by atoms with Crippen LogP contribution in [0.3, 0.4) is 0 Å². The zero-order valence-corrected chi connectivity index (χ0v) is 23.2. The lowest BCUT2D eigenvalue weighted by Gasteiger charge is -2.34. The summed E-state index contributed by atoms with van der Waals surface area (Å²) in [4.78, 5) is 21.9.